The number of hydrazine groups is 1. The van der Waals surface area contributed by atoms with E-state index >= 15 is 0 Å². The van der Waals surface area contributed by atoms with E-state index in [1.165, 1.54) is 0 Å². The molecule has 3 N–H and O–H groups in total. The Morgan fingerprint density at radius 2 is 2.22 bits per heavy atom. The van der Waals surface area contributed by atoms with Gasteiger partial charge in [-0.3, -0.25) is 19.7 Å². The molecule has 126 valence electrons. The molecule has 9 nitrogen and oxygen atoms in total. The molecule has 0 bridgehead atoms. The highest BCUT2D eigenvalue weighted by atomic mass is 16.2. The average Bonchev–Trinajstić information content (AvgIpc) is 3.08. The number of carbonyl (C=O) groups excluding carboxylic acids is 3. The third-order valence-corrected chi connectivity index (χ3v) is 3.84. The number of imide groups is 1. The van der Waals surface area contributed by atoms with Gasteiger partial charge >= 0.3 is 6.03 Å². The topological polar surface area (TPSA) is 108 Å². The van der Waals surface area contributed by atoms with Gasteiger partial charge in [-0.2, -0.15) is 10.1 Å². The normalized spacial score (nSPS) is 22.1. The van der Waals surface area contributed by atoms with Crippen molar-refractivity contribution in [2.45, 2.75) is 45.3 Å². The summed E-state index contributed by atoms with van der Waals surface area (Å²) < 4.78 is 1.75. The van der Waals surface area contributed by atoms with Crippen molar-refractivity contribution in [3.05, 3.63) is 18.5 Å². The lowest BCUT2D eigenvalue weighted by Gasteiger charge is -2.20. The number of hydrogen-bond acceptors (Lipinski definition) is 5. The zero-order valence-electron chi connectivity index (χ0n) is 13.5. The number of rotatable bonds is 7. The fourth-order valence-corrected chi connectivity index (χ4v) is 2.21. The summed E-state index contributed by atoms with van der Waals surface area (Å²) in [6.07, 6.45) is 3.96. The van der Waals surface area contributed by atoms with E-state index in [-0.39, 0.29) is 12.6 Å². The maximum absolute atomic E-state index is 12.1. The van der Waals surface area contributed by atoms with Crippen LogP contribution in [0.5, 0.6) is 0 Å². The molecule has 1 aromatic heterocycles. The molecular weight excluding hydrogens is 300 g/mol. The van der Waals surface area contributed by atoms with Gasteiger partial charge in [0.25, 0.3) is 11.8 Å². The number of nitrogens with zero attached hydrogens (tertiary/aromatic N) is 3. The molecule has 2 rings (SSSR count). The summed E-state index contributed by atoms with van der Waals surface area (Å²) in [5, 5.41) is 10.4. The minimum Gasteiger partial charge on any atom is -0.322 e. The van der Waals surface area contributed by atoms with Gasteiger partial charge in [-0.1, -0.05) is 6.92 Å². The molecule has 1 fully saturated rings. The van der Waals surface area contributed by atoms with E-state index in [0.29, 0.717) is 13.0 Å². The van der Waals surface area contributed by atoms with Crippen molar-refractivity contribution in [2.24, 2.45) is 0 Å². The van der Waals surface area contributed by atoms with Gasteiger partial charge in [-0.15, -0.1) is 0 Å². The number of aromatic nitrogens is 2. The molecule has 4 amide bonds. The Balaban J connectivity index is 1.81. The van der Waals surface area contributed by atoms with Crippen LogP contribution in [0, 0.1) is 0 Å². The van der Waals surface area contributed by atoms with E-state index in [1.54, 1.807) is 24.7 Å². The molecule has 0 saturated carbocycles. The van der Waals surface area contributed by atoms with E-state index in [9.17, 15) is 14.4 Å². The van der Waals surface area contributed by atoms with Gasteiger partial charge in [0.05, 0.1) is 13.1 Å². The quantitative estimate of drug-likeness (QED) is 0.593. The Morgan fingerprint density at radius 1 is 1.48 bits per heavy atom. The van der Waals surface area contributed by atoms with Gasteiger partial charge in [0, 0.05) is 18.4 Å². The lowest BCUT2D eigenvalue weighted by molar-refractivity contribution is -0.138. The highest BCUT2D eigenvalue weighted by Gasteiger charge is 2.47. The molecule has 2 heterocycles. The van der Waals surface area contributed by atoms with Crippen molar-refractivity contribution in [2.75, 3.05) is 6.54 Å². The highest BCUT2D eigenvalue weighted by Crippen LogP contribution is 2.18. The van der Waals surface area contributed by atoms with Crippen LogP contribution in [0.2, 0.25) is 0 Å². The van der Waals surface area contributed by atoms with Crippen LogP contribution in [0.1, 0.15) is 27.2 Å². The Bertz CT molecular complexity index is 587. The summed E-state index contributed by atoms with van der Waals surface area (Å²) in [6, 6.07) is 1.21. The highest BCUT2D eigenvalue weighted by molar-refractivity contribution is 6.07. The van der Waals surface area contributed by atoms with Crippen molar-refractivity contribution in [1.29, 1.82) is 0 Å². The molecule has 0 aliphatic carbocycles. The van der Waals surface area contributed by atoms with Crippen molar-refractivity contribution in [1.82, 2.24) is 30.8 Å². The van der Waals surface area contributed by atoms with Crippen LogP contribution >= 0.6 is 0 Å². The van der Waals surface area contributed by atoms with Crippen molar-refractivity contribution in [3.63, 3.8) is 0 Å². The summed E-state index contributed by atoms with van der Waals surface area (Å²) in [5.74, 6) is -0.913. The number of hydrogen-bond donors (Lipinski definition) is 3. The molecule has 1 aliphatic heterocycles. The smallest absolute Gasteiger partial charge is 0.322 e. The zero-order chi connectivity index (χ0) is 17.0. The Hall–Kier alpha value is -2.42. The molecule has 0 aromatic carbocycles. The third-order valence-electron chi connectivity index (χ3n) is 3.84. The second-order valence-electron chi connectivity index (χ2n) is 5.80. The predicted octanol–water partition coefficient (Wildman–Crippen LogP) is -0.387. The van der Waals surface area contributed by atoms with Crippen LogP contribution in [0.3, 0.4) is 0 Å². The maximum Gasteiger partial charge on any atom is 0.344 e. The fourth-order valence-electron chi connectivity index (χ4n) is 2.21. The van der Waals surface area contributed by atoms with Crippen LogP contribution in [0.15, 0.2) is 18.5 Å². The summed E-state index contributed by atoms with van der Waals surface area (Å²) in [7, 11) is 0. The first kappa shape index (κ1) is 16.9. The minimum atomic E-state index is -0.967. The van der Waals surface area contributed by atoms with Gasteiger partial charge in [0.1, 0.15) is 5.54 Å². The SMILES string of the molecule is CC[C@@]1(C)NC(=O)N(NC(=O)CN[C@@H](C)Cn2cccn2)C1=O. The molecular formula is C14H22N6O3. The Kier molecular flexibility index (Phi) is 4.99. The number of amides is 4. The first-order chi connectivity index (χ1) is 10.9. The molecule has 1 saturated heterocycles. The van der Waals surface area contributed by atoms with Gasteiger partial charge in [0.2, 0.25) is 0 Å². The second-order valence-corrected chi connectivity index (χ2v) is 5.80. The zero-order valence-corrected chi connectivity index (χ0v) is 13.5. The van der Waals surface area contributed by atoms with Crippen LogP contribution < -0.4 is 16.1 Å². The number of nitrogens with one attached hydrogen (secondary N) is 3. The van der Waals surface area contributed by atoms with Crippen LogP contribution in [-0.2, 0) is 16.1 Å². The minimum absolute atomic E-state index is 0.00432. The van der Waals surface area contributed by atoms with Crippen LogP contribution in [0.4, 0.5) is 4.79 Å². The summed E-state index contributed by atoms with van der Waals surface area (Å²) in [4.78, 5) is 35.9. The monoisotopic (exact) mass is 322 g/mol. The van der Waals surface area contributed by atoms with Gasteiger partial charge < -0.3 is 10.6 Å². The van der Waals surface area contributed by atoms with Gasteiger partial charge in [-0.05, 0) is 26.3 Å². The molecule has 0 spiro atoms. The molecule has 2 atom stereocenters. The van der Waals surface area contributed by atoms with E-state index in [2.05, 4.69) is 21.2 Å². The Morgan fingerprint density at radius 3 is 2.78 bits per heavy atom. The molecule has 1 aliphatic rings. The predicted molar refractivity (Wildman–Crippen MR) is 81.9 cm³/mol. The molecule has 0 unspecified atom stereocenters. The average molecular weight is 322 g/mol. The van der Waals surface area contributed by atoms with Crippen LogP contribution in [-0.4, -0.2) is 50.8 Å². The van der Waals surface area contributed by atoms with E-state index < -0.39 is 23.4 Å². The van der Waals surface area contributed by atoms with Crippen molar-refractivity contribution in [3.8, 4) is 0 Å². The standard InChI is InChI=1S/C14H22N6O3/c1-4-14(3)12(22)20(13(23)17-14)18-11(21)8-15-10(2)9-19-7-5-6-16-19/h5-7,10,15H,4,8-9H2,1-3H3,(H,17,23)(H,18,21)/t10-,14+/m0/s1. The van der Waals surface area contributed by atoms with Gasteiger partial charge in [0.15, 0.2) is 0 Å². The first-order valence-electron chi connectivity index (χ1n) is 7.52. The lowest BCUT2D eigenvalue weighted by Crippen LogP contribution is -2.51. The molecule has 23 heavy (non-hydrogen) atoms. The fraction of sp³-hybridized carbons (Fsp3) is 0.571. The lowest BCUT2D eigenvalue weighted by atomic mass is 10.00. The largest absolute Gasteiger partial charge is 0.344 e. The first-order valence-corrected chi connectivity index (χ1v) is 7.52. The molecule has 1 aromatic rings. The Labute approximate surface area is 134 Å². The molecule has 0 radical (unpaired) electrons. The van der Waals surface area contributed by atoms with E-state index in [0.717, 1.165) is 5.01 Å². The molecule has 9 heteroatoms. The van der Waals surface area contributed by atoms with E-state index in [4.69, 9.17) is 0 Å². The second kappa shape index (κ2) is 6.78. The van der Waals surface area contributed by atoms with Gasteiger partial charge in [-0.25, -0.2) is 4.79 Å². The third kappa shape index (κ3) is 3.86. The summed E-state index contributed by atoms with van der Waals surface area (Å²) in [6.45, 7) is 5.93. The summed E-state index contributed by atoms with van der Waals surface area (Å²) >= 11 is 0. The van der Waals surface area contributed by atoms with Crippen molar-refractivity contribution < 1.29 is 14.4 Å². The van der Waals surface area contributed by atoms with E-state index in [1.807, 2.05) is 19.2 Å². The number of urea groups is 1. The maximum atomic E-state index is 12.1. The number of carbonyl (C=O) groups is 3. The summed E-state index contributed by atoms with van der Waals surface area (Å²) in [5.41, 5.74) is 1.36. The van der Waals surface area contributed by atoms with Crippen molar-refractivity contribution >= 4 is 17.8 Å². The van der Waals surface area contributed by atoms with Crippen LogP contribution in [0.25, 0.3) is 0 Å².